The third kappa shape index (κ3) is 2.16. The zero-order valence-electron chi connectivity index (χ0n) is 12.5. The summed E-state index contributed by atoms with van der Waals surface area (Å²) in [5, 5.41) is 2.71. The third-order valence-electron chi connectivity index (χ3n) is 4.06. The van der Waals surface area contributed by atoms with Crippen LogP contribution in [0, 0.1) is 0 Å². The Balaban J connectivity index is 1.86. The Bertz CT molecular complexity index is 924. The van der Waals surface area contributed by atoms with Crippen LogP contribution in [0.4, 0.5) is 11.4 Å². The average molecular weight is 303 g/mol. The summed E-state index contributed by atoms with van der Waals surface area (Å²) >= 11 is 1.87. The highest BCUT2D eigenvalue weighted by Gasteiger charge is 2.10. The van der Waals surface area contributed by atoms with Gasteiger partial charge in [-0.1, -0.05) is 42.5 Å². The average Bonchev–Trinajstić information content (AvgIpc) is 2.94. The third-order valence-corrected chi connectivity index (χ3v) is 5.19. The number of fused-ring (bicyclic) bond motifs is 3. The van der Waals surface area contributed by atoms with Crippen molar-refractivity contribution in [2.24, 2.45) is 0 Å². The SMILES string of the molecule is CCN(c1ccccc1)c1ccc2c(c1)sc1ccccc12. The number of para-hydroxylation sites is 1. The number of thiophene rings is 1. The van der Waals surface area contributed by atoms with Gasteiger partial charge in [0.1, 0.15) is 0 Å². The molecular weight excluding hydrogens is 286 g/mol. The van der Waals surface area contributed by atoms with Crippen molar-refractivity contribution in [1.82, 2.24) is 0 Å². The van der Waals surface area contributed by atoms with Crippen molar-refractivity contribution in [3.05, 3.63) is 72.8 Å². The molecule has 0 fully saturated rings. The van der Waals surface area contributed by atoms with Crippen molar-refractivity contribution in [1.29, 1.82) is 0 Å². The Kier molecular flexibility index (Phi) is 3.32. The van der Waals surface area contributed by atoms with E-state index < -0.39 is 0 Å². The molecule has 4 rings (SSSR count). The minimum absolute atomic E-state index is 0.959. The van der Waals surface area contributed by atoms with Gasteiger partial charge in [0.2, 0.25) is 0 Å². The largest absolute Gasteiger partial charge is 0.342 e. The Morgan fingerprint density at radius 1 is 0.727 bits per heavy atom. The summed E-state index contributed by atoms with van der Waals surface area (Å²) in [6.45, 7) is 3.16. The maximum absolute atomic E-state index is 2.35. The molecule has 0 bridgehead atoms. The molecule has 0 aliphatic carbocycles. The van der Waals surface area contributed by atoms with Crippen LogP contribution in [-0.4, -0.2) is 6.54 Å². The topological polar surface area (TPSA) is 3.24 Å². The van der Waals surface area contributed by atoms with Crippen LogP contribution in [-0.2, 0) is 0 Å². The molecule has 0 amide bonds. The molecule has 0 N–H and O–H groups in total. The molecule has 1 heterocycles. The monoisotopic (exact) mass is 303 g/mol. The van der Waals surface area contributed by atoms with Crippen LogP contribution in [0.3, 0.4) is 0 Å². The van der Waals surface area contributed by atoms with Gasteiger partial charge in [0.05, 0.1) is 0 Å². The van der Waals surface area contributed by atoms with E-state index in [2.05, 4.69) is 84.6 Å². The molecule has 3 aromatic carbocycles. The second-order valence-electron chi connectivity index (χ2n) is 5.36. The van der Waals surface area contributed by atoms with Gasteiger partial charge in [-0.3, -0.25) is 0 Å². The smallest absolute Gasteiger partial charge is 0.0425 e. The molecule has 0 radical (unpaired) electrons. The highest BCUT2D eigenvalue weighted by atomic mass is 32.1. The molecule has 0 aliphatic rings. The van der Waals surface area contributed by atoms with Crippen molar-refractivity contribution in [3.8, 4) is 0 Å². The maximum atomic E-state index is 2.35. The van der Waals surface area contributed by atoms with E-state index in [9.17, 15) is 0 Å². The molecule has 1 aromatic heterocycles. The van der Waals surface area contributed by atoms with Crippen molar-refractivity contribution in [2.75, 3.05) is 11.4 Å². The van der Waals surface area contributed by atoms with E-state index in [4.69, 9.17) is 0 Å². The lowest BCUT2D eigenvalue weighted by molar-refractivity contribution is 1.03. The number of anilines is 2. The first-order valence-electron chi connectivity index (χ1n) is 7.60. The number of hydrogen-bond acceptors (Lipinski definition) is 2. The zero-order chi connectivity index (χ0) is 14.9. The Labute approximate surface area is 134 Å². The van der Waals surface area contributed by atoms with E-state index in [1.165, 1.54) is 31.5 Å². The summed E-state index contributed by atoms with van der Waals surface area (Å²) in [4.78, 5) is 2.35. The summed E-state index contributed by atoms with van der Waals surface area (Å²) in [5.41, 5.74) is 2.50. The van der Waals surface area contributed by atoms with Crippen LogP contribution in [0.1, 0.15) is 6.92 Å². The summed E-state index contributed by atoms with van der Waals surface area (Å²) < 4.78 is 2.71. The lowest BCUT2D eigenvalue weighted by Gasteiger charge is -2.23. The number of rotatable bonds is 3. The molecular formula is C20H17NS. The molecule has 0 atom stereocenters. The molecule has 0 unspecified atom stereocenters. The predicted molar refractivity (Wildman–Crippen MR) is 98.5 cm³/mol. The summed E-state index contributed by atoms with van der Waals surface area (Å²) in [7, 11) is 0. The molecule has 108 valence electrons. The van der Waals surface area contributed by atoms with E-state index in [0.29, 0.717) is 0 Å². The second-order valence-corrected chi connectivity index (χ2v) is 6.44. The molecule has 0 saturated carbocycles. The fraction of sp³-hybridized carbons (Fsp3) is 0.100. The quantitative estimate of drug-likeness (QED) is 0.435. The van der Waals surface area contributed by atoms with Crippen molar-refractivity contribution in [3.63, 3.8) is 0 Å². The van der Waals surface area contributed by atoms with Crippen LogP contribution in [0.5, 0.6) is 0 Å². The lowest BCUT2D eigenvalue weighted by Crippen LogP contribution is -2.15. The van der Waals surface area contributed by atoms with Gasteiger partial charge < -0.3 is 4.90 Å². The first-order valence-corrected chi connectivity index (χ1v) is 8.42. The summed E-state index contributed by atoms with van der Waals surface area (Å²) in [5.74, 6) is 0. The fourth-order valence-electron chi connectivity index (χ4n) is 3.00. The van der Waals surface area contributed by atoms with Gasteiger partial charge in [-0.2, -0.15) is 0 Å². The molecule has 1 nitrogen and oxygen atoms in total. The van der Waals surface area contributed by atoms with E-state index in [1.54, 1.807) is 0 Å². The van der Waals surface area contributed by atoms with Gasteiger partial charge in [0.15, 0.2) is 0 Å². The van der Waals surface area contributed by atoms with Crippen molar-refractivity contribution >= 4 is 42.9 Å². The molecule has 0 spiro atoms. The van der Waals surface area contributed by atoms with Gasteiger partial charge in [0, 0.05) is 38.1 Å². The Morgan fingerprint density at radius 2 is 1.45 bits per heavy atom. The van der Waals surface area contributed by atoms with Crippen LogP contribution in [0.15, 0.2) is 72.8 Å². The van der Waals surface area contributed by atoms with Gasteiger partial charge >= 0.3 is 0 Å². The van der Waals surface area contributed by atoms with Crippen molar-refractivity contribution < 1.29 is 0 Å². The summed E-state index contributed by atoms with van der Waals surface area (Å²) in [6.07, 6.45) is 0. The number of benzene rings is 3. The first kappa shape index (κ1) is 13.4. The molecule has 2 heteroatoms. The number of nitrogens with zero attached hydrogens (tertiary/aromatic N) is 1. The highest BCUT2D eigenvalue weighted by molar-refractivity contribution is 7.25. The second kappa shape index (κ2) is 5.47. The molecule has 0 saturated heterocycles. The lowest BCUT2D eigenvalue weighted by atomic mass is 10.1. The van der Waals surface area contributed by atoms with Crippen molar-refractivity contribution in [2.45, 2.75) is 6.92 Å². The maximum Gasteiger partial charge on any atom is 0.0425 e. The van der Waals surface area contributed by atoms with Gasteiger partial charge in [-0.15, -0.1) is 11.3 Å². The minimum atomic E-state index is 0.959. The predicted octanol–water partition coefficient (Wildman–Crippen LogP) is 6.21. The Hall–Kier alpha value is -2.32. The summed E-state index contributed by atoms with van der Waals surface area (Å²) in [6, 6.07) is 26.0. The van der Waals surface area contributed by atoms with E-state index in [0.717, 1.165) is 6.54 Å². The van der Waals surface area contributed by atoms with Gasteiger partial charge in [-0.25, -0.2) is 0 Å². The molecule has 4 aromatic rings. The van der Waals surface area contributed by atoms with E-state index in [1.807, 2.05) is 11.3 Å². The number of hydrogen-bond donors (Lipinski definition) is 0. The fourth-order valence-corrected chi connectivity index (χ4v) is 4.14. The standard InChI is InChI=1S/C20H17NS/c1-2-21(15-8-4-3-5-9-15)16-12-13-18-17-10-6-7-11-19(17)22-20(18)14-16/h3-14H,2H2,1H3. The van der Waals surface area contributed by atoms with E-state index in [-0.39, 0.29) is 0 Å². The molecule has 22 heavy (non-hydrogen) atoms. The Morgan fingerprint density at radius 3 is 2.27 bits per heavy atom. The van der Waals surface area contributed by atoms with Crippen LogP contribution in [0.2, 0.25) is 0 Å². The van der Waals surface area contributed by atoms with Gasteiger partial charge in [0.25, 0.3) is 0 Å². The van der Waals surface area contributed by atoms with Crippen LogP contribution >= 0.6 is 11.3 Å². The highest BCUT2D eigenvalue weighted by Crippen LogP contribution is 2.37. The normalized spacial score (nSPS) is 11.1. The van der Waals surface area contributed by atoms with Crippen LogP contribution in [0.25, 0.3) is 20.2 Å². The van der Waals surface area contributed by atoms with Crippen LogP contribution < -0.4 is 4.90 Å². The van der Waals surface area contributed by atoms with Gasteiger partial charge in [-0.05, 0) is 37.3 Å². The first-order chi connectivity index (χ1) is 10.9. The zero-order valence-corrected chi connectivity index (χ0v) is 13.3. The minimum Gasteiger partial charge on any atom is -0.342 e. The van der Waals surface area contributed by atoms with E-state index >= 15 is 0 Å². The molecule has 0 aliphatic heterocycles.